The SMILES string of the molecule is CCCNC(Cc1ccc(F)c(F)c1)c1ccoc1CC. The molecule has 2 aromatic rings. The normalized spacial score (nSPS) is 12.6. The van der Waals surface area contributed by atoms with Gasteiger partial charge >= 0.3 is 0 Å². The Hall–Kier alpha value is -1.68. The number of aryl methyl sites for hydroxylation is 1. The maximum absolute atomic E-state index is 13.4. The largest absolute Gasteiger partial charge is 0.469 e. The van der Waals surface area contributed by atoms with Crippen LogP contribution < -0.4 is 5.32 Å². The highest BCUT2D eigenvalue weighted by Gasteiger charge is 2.17. The fraction of sp³-hybridized carbons (Fsp3) is 0.412. The Labute approximate surface area is 124 Å². The molecule has 0 aliphatic rings. The summed E-state index contributed by atoms with van der Waals surface area (Å²) in [6, 6.07) is 6.07. The molecule has 1 aromatic heterocycles. The average molecular weight is 293 g/mol. The number of furan rings is 1. The number of halogens is 2. The molecule has 2 rings (SSSR count). The Kier molecular flexibility index (Phi) is 5.51. The third-order valence-corrected chi connectivity index (χ3v) is 3.54. The van der Waals surface area contributed by atoms with Crippen LogP contribution in [0.25, 0.3) is 0 Å². The lowest BCUT2D eigenvalue weighted by atomic mass is 9.98. The summed E-state index contributed by atoms with van der Waals surface area (Å²) in [5, 5.41) is 3.45. The Morgan fingerprint density at radius 1 is 1.14 bits per heavy atom. The molecule has 1 aromatic carbocycles. The standard InChI is InChI=1S/C17H21F2NO/c1-3-8-20-16(13-7-9-21-17(13)4-2)11-12-5-6-14(18)15(19)10-12/h5-7,9-10,16,20H,3-4,8,11H2,1-2H3. The maximum Gasteiger partial charge on any atom is 0.159 e. The van der Waals surface area contributed by atoms with Gasteiger partial charge in [-0.15, -0.1) is 0 Å². The van der Waals surface area contributed by atoms with Crippen molar-refractivity contribution in [2.45, 2.75) is 39.2 Å². The number of rotatable bonds is 7. The van der Waals surface area contributed by atoms with Gasteiger partial charge in [0.1, 0.15) is 5.76 Å². The Morgan fingerprint density at radius 2 is 1.95 bits per heavy atom. The van der Waals surface area contributed by atoms with E-state index in [1.165, 1.54) is 12.1 Å². The molecule has 0 saturated carbocycles. The molecule has 0 fully saturated rings. The van der Waals surface area contributed by atoms with Gasteiger partial charge in [0.15, 0.2) is 11.6 Å². The van der Waals surface area contributed by atoms with Crippen LogP contribution in [-0.4, -0.2) is 6.54 Å². The van der Waals surface area contributed by atoms with Crippen molar-refractivity contribution < 1.29 is 13.2 Å². The van der Waals surface area contributed by atoms with Crippen LogP contribution in [0.15, 0.2) is 34.9 Å². The van der Waals surface area contributed by atoms with Crippen molar-refractivity contribution >= 4 is 0 Å². The van der Waals surface area contributed by atoms with Gasteiger partial charge in [0.2, 0.25) is 0 Å². The highest BCUT2D eigenvalue weighted by atomic mass is 19.2. The van der Waals surface area contributed by atoms with Gasteiger partial charge in [-0.25, -0.2) is 8.78 Å². The summed E-state index contributed by atoms with van der Waals surface area (Å²) in [6.07, 6.45) is 4.10. The van der Waals surface area contributed by atoms with Crippen LogP contribution in [-0.2, 0) is 12.8 Å². The molecule has 114 valence electrons. The molecule has 1 atom stereocenters. The summed E-state index contributed by atoms with van der Waals surface area (Å²) in [7, 11) is 0. The van der Waals surface area contributed by atoms with Crippen LogP contribution >= 0.6 is 0 Å². The zero-order valence-corrected chi connectivity index (χ0v) is 12.5. The molecule has 0 saturated heterocycles. The van der Waals surface area contributed by atoms with Gasteiger partial charge in [-0.05, 0) is 43.1 Å². The van der Waals surface area contributed by atoms with Crippen molar-refractivity contribution in [2.75, 3.05) is 6.54 Å². The van der Waals surface area contributed by atoms with E-state index in [2.05, 4.69) is 12.2 Å². The average Bonchev–Trinajstić information content (AvgIpc) is 2.95. The zero-order valence-electron chi connectivity index (χ0n) is 12.5. The van der Waals surface area contributed by atoms with E-state index in [1.54, 1.807) is 12.3 Å². The first-order chi connectivity index (χ1) is 10.2. The highest BCUT2D eigenvalue weighted by molar-refractivity contribution is 5.26. The molecule has 4 heteroatoms. The van der Waals surface area contributed by atoms with Crippen LogP contribution in [0.3, 0.4) is 0 Å². The first-order valence-corrected chi connectivity index (χ1v) is 7.39. The second-order valence-electron chi connectivity index (χ2n) is 5.11. The molecule has 0 amide bonds. The summed E-state index contributed by atoms with van der Waals surface area (Å²) in [6.45, 7) is 5.00. The lowest BCUT2D eigenvalue weighted by Gasteiger charge is -2.19. The van der Waals surface area contributed by atoms with Crippen LogP contribution in [0.1, 0.15) is 43.2 Å². The lowest BCUT2D eigenvalue weighted by Crippen LogP contribution is -2.24. The zero-order chi connectivity index (χ0) is 15.2. The summed E-state index contributed by atoms with van der Waals surface area (Å²) in [5.74, 6) is -0.676. The Morgan fingerprint density at radius 3 is 2.62 bits per heavy atom. The molecule has 0 aliphatic heterocycles. The van der Waals surface area contributed by atoms with Gasteiger partial charge in [0.25, 0.3) is 0 Å². The second-order valence-corrected chi connectivity index (χ2v) is 5.11. The molecular weight excluding hydrogens is 272 g/mol. The van der Waals surface area contributed by atoms with Crippen LogP contribution in [0.5, 0.6) is 0 Å². The maximum atomic E-state index is 13.4. The van der Waals surface area contributed by atoms with Crippen molar-refractivity contribution in [2.24, 2.45) is 0 Å². The number of hydrogen-bond donors (Lipinski definition) is 1. The van der Waals surface area contributed by atoms with E-state index < -0.39 is 11.6 Å². The second kappa shape index (κ2) is 7.36. The highest BCUT2D eigenvalue weighted by Crippen LogP contribution is 2.24. The molecule has 21 heavy (non-hydrogen) atoms. The van der Waals surface area contributed by atoms with Crippen molar-refractivity contribution in [3.63, 3.8) is 0 Å². The van der Waals surface area contributed by atoms with Crippen LogP contribution in [0, 0.1) is 11.6 Å². The molecule has 1 unspecified atom stereocenters. The van der Waals surface area contributed by atoms with E-state index in [0.717, 1.165) is 36.3 Å². The molecule has 1 N–H and O–H groups in total. The van der Waals surface area contributed by atoms with E-state index in [-0.39, 0.29) is 6.04 Å². The van der Waals surface area contributed by atoms with E-state index in [1.807, 2.05) is 13.0 Å². The van der Waals surface area contributed by atoms with E-state index in [9.17, 15) is 8.78 Å². The summed E-state index contributed by atoms with van der Waals surface area (Å²) >= 11 is 0. The molecular formula is C17H21F2NO. The molecule has 0 bridgehead atoms. The van der Waals surface area contributed by atoms with Gasteiger partial charge in [-0.2, -0.15) is 0 Å². The van der Waals surface area contributed by atoms with Gasteiger partial charge in [-0.1, -0.05) is 19.9 Å². The predicted octanol–water partition coefficient (Wildman–Crippen LogP) is 4.40. The topological polar surface area (TPSA) is 25.2 Å². The minimum Gasteiger partial charge on any atom is -0.469 e. The summed E-state index contributed by atoms with van der Waals surface area (Å²) in [5.41, 5.74) is 1.86. The van der Waals surface area contributed by atoms with Gasteiger partial charge in [0, 0.05) is 18.0 Å². The van der Waals surface area contributed by atoms with E-state index in [0.29, 0.717) is 6.42 Å². The van der Waals surface area contributed by atoms with Gasteiger partial charge < -0.3 is 9.73 Å². The molecule has 0 spiro atoms. The first-order valence-electron chi connectivity index (χ1n) is 7.39. The minimum atomic E-state index is -0.811. The first kappa shape index (κ1) is 15.7. The van der Waals surface area contributed by atoms with Gasteiger partial charge in [-0.3, -0.25) is 0 Å². The fourth-order valence-corrected chi connectivity index (χ4v) is 2.46. The van der Waals surface area contributed by atoms with Crippen molar-refractivity contribution in [1.82, 2.24) is 5.32 Å². The third-order valence-electron chi connectivity index (χ3n) is 3.54. The summed E-state index contributed by atoms with van der Waals surface area (Å²) < 4.78 is 31.9. The fourth-order valence-electron chi connectivity index (χ4n) is 2.46. The minimum absolute atomic E-state index is 0.0449. The van der Waals surface area contributed by atoms with Crippen molar-refractivity contribution in [1.29, 1.82) is 0 Å². The molecule has 1 heterocycles. The third kappa shape index (κ3) is 3.91. The molecule has 0 aliphatic carbocycles. The molecule has 0 radical (unpaired) electrons. The van der Waals surface area contributed by atoms with E-state index >= 15 is 0 Å². The monoisotopic (exact) mass is 293 g/mol. The quantitative estimate of drug-likeness (QED) is 0.818. The van der Waals surface area contributed by atoms with Crippen LogP contribution in [0.2, 0.25) is 0 Å². The van der Waals surface area contributed by atoms with Crippen LogP contribution in [0.4, 0.5) is 8.78 Å². The van der Waals surface area contributed by atoms with E-state index in [4.69, 9.17) is 4.42 Å². The number of nitrogens with one attached hydrogen (secondary N) is 1. The molecule has 2 nitrogen and oxygen atoms in total. The Balaban J connectivity index is 2.21. The smallest absolute Gasteiger partial charge is 0.159 e. The number of benzene rings is 1. The van der Waals surface area contributed by atoms with Crippen molar-refractivity contribution in [3.8, 4) is 0 Å². The number of hydrogen-bond acceptors (Lipinski definition) is 2. The van der Waals surface area contributed by atoms with Gasteiger partial charge in [0.05, 0.1) is 6.26 Å². The Bertz CT molecular complexity index is 580. The predicted molar refractivity (Wildman–Crippen MR) is 79.2 cm³/mol. The van der Waals surface area contributed by atoms with Crippen molar-refractivity contribution in [3.05, 3.63) is 59.1 Å². The lowest BCUT2D eigenvalue weighted by molar-refractivity contribution is 0.478. The summed E-state index contributed by atoms with van der Waals surface area (Å²) in [4.78, 5) is 0.